The molecule has 0 radical (unpaired) electrons. The lowest BCUT2D eigenvalue weighted by Gasteiger charge is -2.15. The van der Waals surface area contributed by atoms with Gasteiger partial charge in [0, 0.05) is 12.6 Å². The van der Waals surface area contributed by atoms with Gasteiger partial charge in [-0.25, -0.2) is 9.67 Å². The molecule has 3 heterocycles. The maximum Gasteiger partial charge on any atom is 0.252 e. The molecule has 9 heteroatoms. The van der Waals surface area contributed by atoms with Crippen molar-refractivity contribution in [3.63, 3.8) is 0 Å². The van der Waals surface area contributed by atoms with Crippen molar-refractivity contribution < 1.29 is 23.4 Å². The molecule has 0 aliphatic rings. The van der Waals surface area contributed by atoms with Crippen LogP contribution in [0.2, 0.25) is 0 Å². The van der Waals surface area contributed by atoms with Crippen LogP contribution in [0, 0.1) is 0 Å². The van der Waals surface area contributed by atoms with Crippen LogP contribution in [0.5, 0.6) is 17.2 Å². The second-order valence-electron chi connectivity index (χ2n) is 7.67. The Kier molecular flexibility index (Phi) is 6.21. The maximum absolute atomic E-state index is 13.3. The molecule has 4 aromatic rings. The number of carbonyl (C=O) groups is 1. The Morgan fingerprint density at radius 1 is 1.12 bits per heavy atom. The van der Waals surface area contributed by atoms with Crippen molar-refractivity contribution in [1.82, 2.24) is 20.1 Å². The van der Waals surface area contributed by atoms with Crippen molar-refractivity contribution in [3.8, 4) is 28.7 Å². The average molecular weight is 450 g/mol. The third kappa shape index (κ3) is 4.21. The van der Waals surface area contributed by atoms with E-state index in [9.17, 15) is 4.79 Å². The zero-order valence-electron chi connectivity index (χ0n) is 19.2. The number of aromatic nitrogens is 3. The number of pyridine rings is 1. The van der Waals surface area contributed by atoms with E-state index in [0.29, 0.717) is 45.3 Å². The zero-order valence-corrected chi connectivity index (χ0v) is 19.2. The summed E-state index contributed by atoms with van der Waals surface area (Å²) in [7, 11) is 4.65. The molecule has 0 unspecified atom stereocenters. The molecule has 0 fully saturated rings. The fraction of sp³-hybridized carbons (Fsp3) is 0.292. The number of amides is 1. The van der Waals surface area contributed by atoms with E-state index >= 15 is 0 Å². The fourth-order valence-corrected chi connectivity index (χ4v) is 3.65. The highest BCUT2D eigenvalue weighted by molar-refractivity contribution is 6.06. The number of furan rings is 1. The molecule has 9 nitrogen and oxygen atoms in total. The SMILES string of the molecule is COc1cc(CNC(=O)c2cc(-c3ccco3)nc3c2cnn3C(C)C)cc(OC)c1OC. The molecule has 1 N–H and O–H groups in total. The molecule has 0 saturated carbocycles. The molecule has 0 atom stereocenters. The van der Waals surface area contributed by atoms with Gasteiger partial charge in [-0.3, -0.25) is 4.79 Å². The molecule has 0 spiro atoms. The molecule has 1 amide bonds. The lowest BCUT2D eigenvalue weighted by molar-refractivity contribution is 0.0952. The van der Waals surface area contributed by atoms with Gasteiger partial charge >= 0.3 is 0 Å². The van der Waals surface area contributed by atoms with E-state index in [1.165, 1.54) is 0 Å². The van der Waals surface area contributed by atoms with E-state index in [-0.39, 0.29) is 18.5 Å². The van der Waals surface area contributed by atoms with Crippen LogP contribution in [0.4, 0.5) is 0 Å². The molecule has 0 bridgehead atoms. The number of nitrogens with zero attached hydrogens (tertiary/aromatic N) is 3. The summed E-state index contributed by atoms with van der Waals surface area (Å²) < 4.78 is 23.5. The van der Waals surface area contributed by atoms with Gasteiger partial charge in [-0.15, -0.1) is 0 Å². The standard InChI is InChI=1S/C24H26N4O5/c1-14(2)28-23-17(13-26-28)16(11-18(27-23)19-7-6-8-33-19)24(29)25-12-15-9-20(30-3)22(32-5)21(10-15)31-4/h6-11,13-14H,12H2,1-5H3,(H,25,29). The highest BCUT2D eigenvalue weighted by Crippen LogP contribution is 2.38. The third-order valence-corrected chi connectivity index (χ3v) is 5.25. The predicted octanol–water partition coefficient (Wildman–Crippen LogP) is 4.23. The van der Waals surface area contributed by atoms with Gasteiger partial charge in [0.05, 0.1) is 44.7 Å². The first-order chi connectivity index (χ1) is 16.0. The number of nitrogens with one attached hydrogen (secondary N) is 1. The normalized spacial score (nSPS) is 11.1. The van der Waals surface area contributed by atoms with Gasteiger partial charge in [-0.1, -0.05) is 0 Å². The summed E-state index contributed by atoms with van der Waals surface area (Å²) >= 11 is 0. The first-order valence-electron chi connectivity index (χ1n) is 10.5. The van der Waals surface area contributed by atoms with Gasteiger partial charge < -0.3 is 23.9 Å². The van der Waals surface area contributed by atoms with E-state index in [0.717, 1.165) is 5.56 Å². The maximum atomic E-state index is 13.3. The highest BCUT2D eigenvalue weighted by Gasteiger charge is 2.20. The summed E-state index contributed by atoms with van der Waals surface area (Å²) in [5.41, 5.74) is 2.45. The van der Waals surface area contributed by atoms with Crippen LogP contribution in [0.3, 0.4) is 0 Å². The predicted molar refractivity (Wildman–Crippen MR) is 123 cm³/mol. The fourth-order valence-electron chi connectivity index (χ4n) is 3.65. The third-order valence-electron chi connectivity index (χ3n) is 5.25. The number of carbonyl (C=O) groups excluding carboxylic acids is 1. The van der Waals surface area contributed by atoms with Gasteiger partial charge in [0.2, 0.25) is 5.75 Å². The lowest BCUT2D eigenvalue weighted by atomic mass is 10.1. The van der Waals surface area contributed by atoms with Crippen LogP contribution in [0.15, 0.2) is 47.2 Å². The zero-order chi connectivity index (χ0) is 23.5. The number of rotatable bonds is 8. The van der Waals surface area contributed by atoms with Crippen LogP contribution in [0.1, 0.15) is 35.8 Å². The van der Waals surface area contributed by atoms with Crippen molar-refractivity contribution >= 4 is 16.9 Å². The first kappa shape index (κ1) is 22.2. The minimum absolute atomic E-state index is 0.0805. The summed E-state index contributed by atoms with van der Waals surface area (Å²) in [6.45, 7) is 4.28. The van der Waals surface area contributed by atoms with Crippen molar-refractivity contribution in [2.24, 2.45) is 0 Å². The number of fused-ring (bicyclic) bond motifs is 1. The highest BCUT2D eigenvalue weighted by atomic mass is 16.5. The molecule has 33 heavy (non-hydrogen) atoms. The van der Waals surface area contributed by atoms with Crippen LogP contribution in [-0.4, -0.2) is 42.0 Å². The second kappa shape index (κ2) is 9.23. The average Bonchev–Trinajstić information content (AvgIpc) is 3.51. The Balaban J connectivity index is 1.69. The van der Waals surface area contributed by atoms with Crippen molar-refractivity contribution in [2.75, 3.05) is 21.3 Å². The molecule has 172 valence electrons. The van der Waals surface area contributed by atoms with Gasteiger partial charge in [-0.2, -0.15) is 5.10 Å². The van der Waals surface area contributed by atoms with Gasteiger partial charge in [-0.05, 0) is 49.7 Å². The Hall–Kier alpha value is -4.01. The van der Waals surface area contributed by atoms with E-state index in [2.05, 4.69) is 10.4 Å². The molecule has 0 aliphatic heterocycles. The number of hydrogen-bond donors (Lipinski definition) is 1. The number of methoxy groups -OCH3 is 3. The Labute approximate surface area is 191 Å². The second-order valence-corrected chi connectivity index (χ2v) is 7.67. The Morgan fingerprint density at radius 3 is 2.42 bits per heavy atom. The van der Waals surface area contributed by atoms with Gasteiger partial charge in [0.25, 0.3) is 5.91 Å². The lowest BCUT2D eigenvalue weighted by Crippen LogP contribution is -2.23. The van der Waals surface area contributed by atoms with Crippen LogP contribution >= 0.6 is 0 Å². The molecular weight excluding hydrogens is 424 g/mol. The van der Waals surface area contributed by atoms with E-state index in [1.54, 1.807) is 62.7 Å². The summed E-state index contributed by atoms with van der Waals surface area (Å²) in [5, 5.41) is 8.08. The summed E-state index contributed by atoms with van der Waals surface area (Å²) in [4.78, 5) is 18.0. The number of hydrogen-bond acceptors (Lipinski definition) is 7. The van der Waals surface area contributed by atoms with Crippen molar-refractivity contribution in [1.29, 1.82) is 0 Å². The van der Waals surface area contributed by atoms with Crippen LogP contribution in [-0.2, 0) is 6.54 Å². The number of benzene rings is 1. The van der Waals surface area contributed by atoms with E-state index < -0.39 is 0 Å². The monoisotopic (exact) mass is 450 g/mol. The van der Waals surface area contributed by atoms with E-state index in [1.807, 2.05) is 19.9 Å². The molecule has 4 rings (SSSR count). The van der Waals surface area contributed by atoms with Crippen LogP contribution < -0.4 is 19.5 Å². The quantitative estimate of drug-likeness (QED) is 0.429. The minimum atomic E-state index is -0.257. The van der Waals surface area contributed by atoms with Crippen molar-refractivity contribution in [2.45, 2.75) is 26.4 Å². The van der Waals surface area contributed by atoms with Crippen LogP contribution in [0.25, 0.3) is 22.5 Å². The van der Waals surface area contributed by atoms with Gasteiger partial charge in [0.15, 0.2) is 22.9 Å². The number of ether oxygens (including phenoxy) is 3. The molecule has 0 aliphatic carbocycles. The molecule has 1 aromatic carbocycles. The summed E-state index contributed by atoms with van der Waals surface area (Å²) in [6.07, 6.45) is 3.24. The smallest absolute Gasteiger partial charge is 0.252 e. The minimum Gasteiger partial charge on any atom is -0.493 e. The van der Waals surface area contributed by atoms with E-state index in [4.69, 9.17) is 23.6 Å². The molecule has 3 aromatic heterocycles. The van der Waals surface area contributed by atoms with Crippen molar-refractivity contribution in [3.05, 3.63) is 53.9 Å². The summed E-state index contributed by atoms with van der Waals surface area (Å²) in [5.74, 6) is 1.85. The Morgan fingerprint density at radius 2 is 1.85 bits per heavy atom. The molecule has 0 saturated heterocycles. The Bertz CT molecular complexity index is 1250. The largest absolute Gasteiger partial charge is 0.493 e. The topological polar surface area (TPSA) is 101 Å². The molecular formula is C24H26N4O5. The first-order valence-corrected chi connectivity index (χ1v) is 10.5. The summed E-state index contributed by atoms with van der Waals surface area (Å²) in [6, 6.07) is 8.99. The van der Waals surface area contributed by atoms with Gasteiger partial charge in [0.1, 0.15) is 5.69 Å².